The van der Waals surface area contributed by atoms with Gasteiger partial charge in [-0.3, -0.25) is 23.6 Å². The Morgan fingerprint density at radius 1 is 0.879 bits per heavy atom. The van der Waals surface area contributed by atoms with E-state index in [-0.39, 0.29) is 11.7 Å². The van der Waals surface area contributed by atoms with E-state index in [9.17, 15) is 14.4 Å². The summed E-state index contributed by atoms with van der Waals surface area (Å²) in [4.78, 5) is 41.9. The molecule has 1 fully saturated rings. The summed E-state index contributed by atoms with van der Waals surface area (Å²) in [6.07, 6.45) is 0. The molecule has 33 heavy (non-hydrogen) atoms. The summed E-state index contributed by atoms with van der Waals surface area (Å²) >= 11 is 0. The Labute approximate surface area is 192 Å². The van der Waals surface area contributed by atoms with E-state index < -0.39 is 11.8 Å². The fourth-order valence-electron chi connectivity index (χ4n) is 4.31. The van der Waals surface area contributed by atoms with Gasteiger partial charge in [0.1, 0.15) is 0 Å². The number of anilines is 1. The molecule has 1 saturated heterocycles. The van der Waals surface area contributed by atoms with Crippen molar-refractivity contribution in [2.24, 2.45) is 14.1 Å². The maximum absolute atomic E-state index is 12.6. The Morgan fingerprint density at radius 3 is 2.24 bits per heavy atom. The van der Waals surface area contributed by atoms with Gasteiger partial charge in [0.15, 0.2) is 0 Å². The van der Waals surface area contributed by atoms with Crippen molar-refractivity contribution < 1.29 is 9.59 Å². The Hall–Kier alpha value is -3.43. The van der Waals surface area contributed by atoms with E-state index in [0.29, 0.717) is 17.7 Å². The fraction of sp³-hybridized carbons (Fsp3) is 0.375. The van der Waals surface area contributed by atoms with Crippen LogP contribution in [0.1, 0.15) is 11.6 Å². The standard InChI is InChI=1S/C24H30N6O3/c1-27-11-13-30(14-12-27)21(17-7-5-4-6-8-17)16-25-22(31)23(32)26-18-9-10-19-20(15-18)29(3)24(33)28(19)2/h4-10,15,21H,11-14,16H2,1-3H3,(H,25,31)(H,26,32). The highest BCUT2D eigenvalue weighted by molar-refractivity contribution is 6.39. The number of imidazole rings is 1. The highest BCUT2D eigenvalue weighted by Gasteiger charge is 2.25. The van der Waals surface area contributed by atoms with Crippen LogP contribution in [0.25, 0.3) is 11.0 Å². The van der Waals surface area contributed by atoms with Gasteiger partial charge in [-0.1, -0.05) is 30.3 Å². The molecule has 3 aromatic rings. The lowest BCUT2D eigenvalue weighted by Crippen LogP contribution is -2.49. The molecule has 0 spiro atoms. The van der Waals surface area contributed by atoms with Crippen LogP contribution in [0.5, 0.6) is 0 Å². The second kappa shape index (κ2) is 9.60. The van der Waals surface area contributed by atoms with Crippen LogP contribution in [-0.4, -0.2) is 70.5 Å². The number of rotatable bonds is 5. The lowest BCUT2D eigenvalue weighted by atomic mass is 10.0. The summed E-state index contributed by atoms with van der Waals surface area (Å²) < 4.78 is 3.04. The van der Waals surface area contributed by atoms with E-state index in [1.54, 1.807) is 32.3 Å². The van der Waals surface area contributed by atoms with Crippen LogP contribution in [0.3, 0.4) is 0 Å². The van der Waals surface area contributed by atoms with E-state index >= 15 is 0 Å². The van der Waals surface area contributed by atoms with Crippen LogP contribution in [-0.2, 0) is 23.7 Å². The molecule has 0 aliphatic carbocycles. The lowest BCUT2D eigenvalue weighted by molar-refractivity contribution is -0.136. The summed E-state index contributed by atoms with van der Waals surface area (Å²) in [5.41, 5.74) is 2.85. The lowest BCUT2D eigenvalue weighted by Gasteiger charge is -2.38. The van der Waals surface area contributed by atoms with Crippen LogP contribution >= 0.6 is 0 Å². The summed E-state index contributed by atoms with van der Waals surface area (Å²) in [5, 5.41) is 5.45. The predicted molar refractivity (Wildman–Crippen MR) is 128 cm³/mol. The average molecular weight is 451 g/mol. The summed E-state index contributed by atoms with van der Waals surface area (Å²) in [6, 6.07) is 15.2. The van der Waals surface area contributed by atoms with Gasteiger partial charge in [-0.15, -0.1) is 0 Å². The molecule has 1 unspecified atom stereocenters. The number of nitrogens with zero attached hydrogens (tertiary/aromatic N) is 4. The first kappa shape index (κ1) is 22.8. The molecule has 2 N–H and O–H groups in total. The molecule has 1 atom stereocenters. The third kappa shape index (κ3) is 4.84. The topological polar surface area (TPSA) is 91.6 Å². The van der Waals surface area contributed by atoms with Crippen molar-refractivity contribution in [3.05, 3.63) is 64.6 Å². The second-order valence-electron chi connectivity index (χ2n) is 8.53. The number of carbonyl (C=O) groups excluding carboxylic acids is 2. The molecule has 0 saturated carbocycles. The van der Waals surface area contributed by atoms with Gasteiger partial charge in [0.2, 0.25) is 0 Å². The van der Waals surface area contributed by atoms with Crippen LogP contribution in [0.15, 0.2) is 53.3 Å². The maximum atomic E-state index is 12.6. The molecule has 0 bridgehead atoms. The Balaban J connectivity index is 1.43. The van der Waals surface area contributed by atoms with Crippen molar-refractivity contribution in [2.75, 3.05) is 45.1 Å². The second-order valence-corrected chi connectivity index (χ2v) is 8.53. The summed E-state index contributed by atoms with van der Waals surface area (Å²) in [6.45, 7) is 4.05. The first-order valence-corrected chi connectivity index (χ1v) is 11.1. The fourth-order valence-corrected chi connectivity index (χ4v) is 4.31. The molecule has 1 aliphatic rings. The van der Waals surface area contributed by atoms with E-state index in [0.717, 1.165) is 37.3 Å². The molecule has 1 aromatic heterocycles. The van der Waals surface area contributed by atoms with Crippen molar-refractivity contribution in [3.63, 3.8) is 0 Å². The number of aromatic nitrogens is 2. The quantitative estimate of drug-likeness (QED) is 0.564. The van der Waals surface area contributed by atoms with E-state index in [1.807, 2.05) is 18.2 Å². The molecule has 9 heteroatoms. The number of carbonyl (C=O) groups is 2. The van der Waals surface area contributed by atoms with Crippen LogP contribution in [0.4, 0.5) is 5.69 Å². The number of fused-ring (bicyclic) bond motifs is 1. The van der Waals surface area contributed by atoms with E-state index in [4.69, 9.17) is 0 Å². The van der Waals surface area contributed by atoms with Gasteiger partial charge in [0.05, 0.1) is 17.1 Å². The van der Waals surface area contributed by atoms with E-state index in [1.165, 1.54) is 9.13 Å². The van der Waals surface area contributed by atoms with Crippen molar-refractivity contribution in [3.8, 4) is 0 Å². The van der Waals surface area contributed by atoms with Gasteiger partial charge in [-0.25, -0.2) is 4.79 Å². The summed E-state index contributed by atoms with van der Waals surface area (Å²) in [7, 11) is 5.47. The number of hydrogen-bond acceptors (Lipinski definition) is 5. The Morgan fingerprint density at radius 2 is 1.55 bits per heavy atom. The number of amides is 2. The number of hydrogen-bond donors (Lipinski definition) is 2. The van der Waals surface area contributed by atoms with Crippen LogP contribution < -0.4 is 16.3 Å². The molecule has 0 radical (unpaired) electrons. The number of nitrogens with one attached hydrogen (secondary N) is 2. The minimum atomic E-state index is -0.736. The molecule has 174 valence electrons. The highest BCUT2D eigenvalue weighted by Crippen LogP contribution is 2.21. The molecule has 9 nitrogen and oxygen atoms in total. The molecule has 2 amide bonds. The molecular formula is C24H30N6O3. The van der Waals surface area contributed by atoms with Gasteiger partial charge >= 0.3 is 17.5 Å². The zero-order valence-electron chi connectivity index (χ0n) is 19.2. The number of piperazine rings is 1. The van der Waals surface area contributed by atoms with Gasteiger partial charge < -0.3 is 15.5 Å². The Bertz CT molecular complexity index is 1210. The minimum Gasteiger partial charge on any atom is -0.346 e. The molecular weight excluding hydrogens is 420 g/mol. The first-order valence-electron chi connectivity index (χ1n) is 11.1. The zero-order chi connectivity index (χ0) is 23.5. The van der Waals surface area contributed by atoms with Gasteiger partial charge in [0, 0.05) is 52.5 Å². The smallest absolute Gasteiger partial charge is 0.328 e. The molecule has 1 aliphatic heterocycles. The number of likely N-dealkylation sites (N-methyl/N-ethyl adjacent to an activating group) is 1. The first-order chi connectivity index (χ1) is 15.8. The van der Waals surface area contributed by atoms with E-state index in [2.05, 4.69) is 39.6 Å². The van der Waals surface area contributed by atoms with Gasteiger partial charge in [-0.05, 0) is 30.8 Å². The van der Waals surface area contributed by atoms with Crippen molar-refractivity contribution >= 4 is 28.5 Å². The predicted octanol–water partition coefficient (Wildman–Crippen LogP) is 0.920. The number of benzene rings is 2. The Kier molecular flexibility index (Phi) is 6.62. The highest BCUT2D eigenvalue weighted by atomic mass is 16.2. The van der Waals surface area contributed by atoms with Crippen molar-refractivity contribution in [2.45, 2.75) is 6.04 Å². The maximum Gasteiger partial charge on any atom is 0.328 e. The largest absolute Gasteiger partial charge is 0.346 e. The normalized spacial score (nSPS) is 16.0. The average Bonchev–Trinajstić information content (AvgIpc) is 3.04. The number of aryl methyl sites for hydroxylation is 2. The molecule has 4 rings (SSSR count). The monoisotopic (exact) mass is 450 g/mol. The third-order valence-electron chi connectivity index (χ3n) is 6.36. The van der Waals surface area contributed by atoms with Crippen molar-refractivity contribution in [1.82, 2.24) is 24.3 Å². The van der Waals surface area contributed by atoms with Gasteiger partial charge in [0.25, 0.3) is 0 Å². The van der Waals surface area contributed by atoms with Crippen LogP contribution in [0, 0.1) is 0 Å². The van der Waals surface area contributed by atoms with Crippen molar-refractivity contribution in [1.29, 1.82) is 0 Å². The molecule has 2 heterocycles. The minimum absolute atomic E-state index is 0.00755. The zero-order valence-corrected chi connectivity index (χ0v) is 19.2. The van der Waals surface area contributed by atoms with Crippen LogP contribution in [0.2, 0.25) is 0 Å². The summed E-state index contributed by atoms with van der Waals surface area (Å²) in [5.74, 6) is -1.42. The van der Waals surface area contributed by atoms with Gasteiger partial charge in [-0.2, -0.15) is 0 Å². The third-order valence-corrected chi connectivity index (χ3v) is 6.36. The molecule has 2 aromatic carbocycles. The SMILES string of the molecule is CN1CCN(C(CNC(=O)C(=O)Nc2ccc3c(c2)n(C)c(=O)n3C)c2ccccc2)CC1.